The van der Waals surface area contributed by atoms with Gasteiger partial charge in [0.2, 0.25) is 0 Å². The number of carbonyl (C=O) groups is 1. The van der Waals surface area contributed by atoms with E-state index in [1.807, 2.05) is 0 Å². The molecule has 0 aliphatic carbocycles. The van der Waals surface area contributed by atoms with E-state index in [1.54, 1.807) is 26.1 Å². The first-order valence-corrected chi connectivity index (χ1v) is 3.32. The molecule has 1 heterocycles. The topological polar surface area (TPSA) is 58.7 Å². The number of hydrogen-bond donors (Lipinski definition) is 1. The quantitative estimate of drug-likeness (QED) is 0.546. The molecule has 1 unspecified atom stereocenters. The Morgan fingerprint density at radius 2 is 2.36 bits per heavy atom. The van der Waals surface area contributed by atoms with Crippen molar-refractivity contribution in [2.24, 2.45) is 10.7 Å². The van der Waals surface area contributed by atoms with Gasteiger partial charge >= 0.3 is 6.03 Å². The largest absolute Gasteiger partial charge is 0.344 e. The van der Waals surface area contributed by atoms with Gasteiger partial charge in [-0.25, -0.2) is 9.79 Å². The predicted octanol–water partition coefficient (Wildman–Crippen LogP) is 0.354. The van der Waals surface area contributed by atoms with E-state index in [2.05, 4.69) is 4.99 Å². The summed E-state index contributed by atoms with van der Waals surface area (Å²) < 4.78 is 0. The molecule has 0 spiro atoms. The molecule has 0 fully saturated rings. The summed E-state index contributed by atoms with van der Waals surface area (Å²) in [6, 6.07) is -0.319. The molecule has 0 radical (unpaired) electrons. The minimum Gasteiger partial charge on any atom is -0.305 e. The Labute approximate surface area is 65.4 Å². The third kappa shape index (κ3) is 1.46. The molecule has 0 aromatic heterocycles. The van der Waals surface area contributed by atoms with Crippen molar-refractivity contribution in [2.75, 3.05) is 7.05 Å². The van der Waals surface area contributed by atoms with E-state index in [-0.39, 0.29) is 6.03 Å². The summed E-state index contributed by atoms with van der Waals surface area (Å²) in [5.41, 5.74) is 5.02. The van der Waals surface area contributed by atoms with Crippen LogP contribution in [0.2, 0.25) is 0 Å². The smallest absolute Gasteiger partial charge is 0.305 e. The molecule has 4 nitrogen and oxygen atoms in total. The van der Waals surface area contributed by atoms with Crippen LogP contribution in [0.1, 0.15) is 6.92 Å². The molecule has 2 N–H and O–H groups in total. The Balaban J connectivity index is 2.95. The van der Waals surface area contributed by atoms with Crippen LogP contribution in [0.25, 0.3) is 0 Å². The number of hydrogen-bond acceptors (Lipinski definition) is 2. The lowest BCUT2D eigenvalue weighted by Gasteiger charge is -2.29. The van der Waals surface area contributed by atoms with Crippen LogP contribution in [0.4, 0.5) is 4.79 Å². The molecule has 1 atom stereocenters. The van der Waals surface area contributed by atoms with Crippen LogP contribution in [-0.4, -0.2) is 29.9 Å². The number of amides is 2. The summed E-state index contributed by atoms with van der Waals surface area (Å²) in [5.74, 6) is 0. The van der Waals surface area contributed by atoms with E-state index < -0.39 is 5.66 Å². The van der Waals surface area contributed by atoms with Gasteiger partial charge in [0.05, 0.1) is 0 Å². The fraction of sp³-hybridized carbons (Fsp3) is 0.429. The van der Waals surface area contributed by atoms with Crippen LogP contribution in [0, 0.1) is 0 Å². The second-order valence-electron chi connectivity index (χ2n) is 2.70. The van der Waals surface area contributed by atoms with Crippen LogP contribution in [0.15, 0.2) is 17.1 Å². The highest BCUT2D eigenvalue weighted by atomic mass is 16.2. The number of nitrogens with zero attached hydrogens (tertiary/aromatic N) is 2. The van der Waals surface area contributed by atoms with Gasteiger partial charge in [-0.05, 0) is 19.1 Å². The molecule has 0 aromatic carbocycles. The van der Waals surface area contributed by atoms with Gasteiger partial charge in [-0.15, -0.1) is 0 Å². The molecular weight excluding hydrogens is 142 g/mol. The molecule has 2 amide bonds. The number of carbonyl (C=O) groups excluding carboxylic acids is 1. The first-order chi connectivity index (χ1) is 5.04. The summed E-state index contributed by atoms with van der Waals surface area (Å²) in [7, 11) is 1.62. The molecular formula is C7H11N3O. The van der Waals surface area contributed by atoms with Gasteiger partial charge in [-0.2, -0.15) is 0 Å². The van der Waals surface area contributed by atoms with Crippen molar-refractivity contribution >= 4 is 12.2 Å². The van der Waals surface area contributed by atoms with Gasteiger partial charge in [0.25, 0.3) is 0 Å². The number of aliphatic imine (C=N–C) groups is 1. The molecule has 1 rings (SSSR count). The van der Waals surface area contributed by atoms with Crippen LogP contribution >= 0.6 is 0 Å². The Hall–Kier alpha value is -1.16. The van der Waals surface area contributed by atoms with Crippen molar-refractivity contribution in [3.63, 3.8) is 0 Å². The monoisotopic (exact) mass is 153 g/mol. The van der Waals surface area contributed by atoms with Crippen molar-refractivity contribution in [1.82, 2.24) is 4.90 Å². The van der Waals surface area contributed by atoms with E-state index in [1.165, 1.54) is 11.1 Å². The average molecular weight is 153 g/mol. The molecule has 0 saturated carbocycles. The van der Waals surface area contributed by atoms with Crippen LogP contribution in [-0.2, 0) is 0 Å². The number of rotatable bonds is 0. The number of likely N-dealkylation sites (N-methyl/N-ethyl adjacent to an activating group) is 1. The van der Waals surface area contributed by atoms with E-state index in [9.17, 15) is 4.79 Å². The van der Waals surface area contributed by atoms with Crippen molar-refractivity contribution in [3.05, 3.63) is 12.2 Å². The number of urea groups is 1. The molecule has 60 valence electrons. The van der Waals surface area contributed by atoms with Crippen molar-refractivity contribution in [1.29, 1.82) is 0 Å². The van der Waals surface area contributed by atoms with Gasteiger partial charge in [0.15, 0.2) is 0 Å². The Morgan fingerprint density at radius 3 is 3.00 bits per heavy atom. The number of nitrogens with two attached hydrogens (primary N) is 1. The Kier molecular flexibility index (Phi) is 1.78. The lowest BCUT2D eigenvalue weighted by atomic mass is 10.2. The fourth-order valence-electron chi connectivity index (χ4n) is 0.749. The molecule has 0 bridgehead atoms. The first kappa shape index (κ1) is 7.94. The second kappa shape index (κ2) is 2.47. The zero-order valence-corrected chi connectivity index (χ0v) is 6.61. The molecule has 0 aromatic rings. The Bertz CT molecular complexity index is 230. The molecule has 1 aliphatic heterocycles. The SMILES string of the molecule is CN1C(=O)N=CC=CC1(C)N. The fourth-order valence-corrected chi connectivity index (χ4v) is 0.749. The highest BCUT2D eigenvalue weighted by Crippen LogP contribution is 2.10. The van der Waals surface area contributed by atoms with Gasteiger partial charge in [-0.1, -0.05) is 0 Å². The first-order valence-electron chi connectivity index (χ1n) is 3.32. The van der Waals surface area contributed by atoms with E-state index in [0.29, 0.717) is 0 Å². The average Bonchev–Trinajstić information content (AvgIpc) is 2.03. The zero-order chi connectivity index (χ0) is 8.48. The summed E-state index contributed by atoms with van der Waals surface area (Å²) in [6.45, 7) is 1.75. The van der Waals surface area contributed by atoms with Crippen molar-refractivity contribution in [3.8, 4) is 0 Å². The maximum Gasteiger partial charge on any atom is 0.344 e. The van der Waals surface area contributed by atoms with Crippen molar-refractivity contribution < 1.29 is 4.79 Å². The highest BCUT2D eigenvalue weighted by molar-refractivity contribution is 5.89. The van der Waals surface area contributed by atoms with Crippen LogP contribution < -0.4 is 5.73 Å². The van der Waals surface area contributed by atoms with Gasteiger partial charge in [-0.3, -0.25) is 0 Å². The van der Waals surface area contributed by atoms with Gasteiger partial charge in [0, 0.05) is 13.3 Å². The Morgan fingerprint density at radius 1 is 1.73 bits per heavy atom. The summed E-state index contributed by atoms with van der Waals surface area (Å²) >= 11 is 0. The maximum absolute atomic E-state index is 11.0. The summed E-state index contributed by atoms with van der Waals surface area (Å²) in [6.07, 6.45) is 4.83. The van der Waals surface area contributed by atoms with Crippen LogP contribution in [0.3, 0.4) is 0 Å². The van der Waals surface area contributed by atoms with Crippen molar-refractivity contribution in [2.45, 2.75) is 12.6 Å². The molecule has 1 aliphatic rings. The third-order valence-corrected chi connectivity index (χ3v) is 1.71. The lowest BCUT2D eigenvalue weighted by molar-refractivity contribution is 0.183. The normalized spacial score (nSPS) is 30.8. The van der Waals surface area contributed by atoms with E-state index in [0.717, 1.165) is 0 Å². The highest BCUT2D eigenvalue weighted by Gasteiger charge is 2.25. The predicted molar refractivity (Wildman–Crippen MR) is 43.4 cm³/mol. The van der Waals surface area contributed by atoms with Gasteiger partial charge in [0.1, 0.15) is 5.66 Å². The van der Waals surface area contributed by atoms with E-state index in [4.69, 9.17) is 5.73 Å². The summed E-state index contributed by atoms with van der Waals surface area (Å²) in [4.78, 5) is 16.0. The van der Waals surface area contributed by atoms with E-state index >= 15 is 0 Å². The standard InChI is InChI=1S/C7H11N3O/c1-7(8)4-3-5-9-6(11)10(7)2/h3-5H,8H2,1-2H3. The lowest BCUT2D eigenvalue weighted by Crippen LogP contribution is -2.51. The zero-order valence-electron chi connectivity index (χ0n) is 6.61. The second-order valence-corrected chi connectivity index (χ2v) is 2.70. The minimum absolute atomic E-state index is 0.319. The number of allylic oxidation sites excluding steroid dienone is 1. The third-order valence-electron chi connectivity index (χ3n) is 1.71. The van der Waals surface area contributed by atoms with Crippen LogP contribution in [0.5, 0.6) is 0 Å². The molecule has 0 saturated heterocycles. The minimum atomic E-state index is -0.729. The molecule has 11 heavy (non-hydrogen) atoms. The summed E-state index contributed by atoms with van der Waals surface area (Å²) in [5, 5.41) is 0. The maximum atomic E-state index is 11.0. The molecule has 4 heteroatoms. The van der Waals surface area contributed by atoms with Gasteiger partial charge < -0.3 is 10.6 Å².